The van der Waals surface area contributed by atoms with Gasteiger partial charge in [-0.05, 0) is 13.0 Å². The van der Waals surface area contributed by atoms with Crippen molar-refractivity contribution >= 4 is 29.1 Å². The summed E-state index contributed by atoms with van der Waals surface area (Å²) in [6, 6.07) is 1.94. The molecule has 0 atom stereocenters. The van der Waals surface area contributed by atoms with Crippen molar-refractivity contribution in [1.82, 2.24) is 14.8 Å². The Morgan fingerprint density at radius 3 is 2.94 bits per heavy atom. The van der Waals surface area contributed by atoms with Crippen molar-refractivity contribution in [3.05, 3.63) is 28.5 Å². The first kappa shape index (κ1) is 12.1. The van der Waals surface area contributed by atoms with Crippen LogP contribution in [0.25, 0.3) is 0 Å². The molecule has 0 saturated heterocycles. The van der Waals surface area contributed by atoms with Gasteiger partial charge in [-0.3, -0.25) is 4.68 Å². The summed E-state index contributed by atoms with van der Waals surface area (Å²) >= 11 is 2.72. The molecule has 2 heterocycles. The first-order valence-electron chi connectivity index (χ1n) is 4.88. The zero-order chi connectivity index (χ0) is 12.4. The molecule has 0 aliphatic carbocycles. The van der Waals surface area contributed by atoms with Crippen molar-refractivity contribution in [2.75, 3.05) is 0 Å². The largest absolute Gasteiger partial charge is 0.477 e. The highest BCUT2D eigenvalue weighted by Gasteiger charge is 2.14. The van der Waals surface area contributed by atoms with Gasteiger partial charge >= 0.3 is 5.97 Å². The van der Waals surface area contributed by atoms with Gasteiger partial charge in [-0.2, -0.15) is 5.10 Å². The maximum atomic E-state index is 10.9. The second kappa shape index (κ2) is 4.89. The van der Waals surface area contributed by atoms with Crippen molar-refractivity contribution in [3.8, 4) is 0 Å². The second-order valence-corrected chi connectivity index (χ2v) is 5.69. The standard InChI is InChI=1S/C10H11N3O2S2/c1-6-8(9(14)15)17-10(11-6)16-5-7-3-4-13(2)12-7/h3-4H,5H2,1-2H3,(H,14,15). The highest BCUT2D eigenvalue weighted by atomic mass is 32.2. The molecular formula is C10H11N3O2S2. The van der Waals surface area contributed by atoms with E-state index in [1.54, 1.807) is 11.6 Å². The Balaban J connectivity index is 2.04. The van der Waals surface area contributed by atoms with E-state index in [0.717, 1.165) is 10.0 Å². The minimum absolute atomic E-state index is 0.313. The van der Waals surface area contributed by atoms with E-state index in [-0.39, 0.29) is 0 Å². The third-order valence-electron chi connectivity index (χ3n) is 2.08. The fourth-order valence-corrected chi connectivity index (χ4v) is 3.23. The van der Waals surface area contributed by atoms with Gasteiger partial charge in [0, 0.05) is 19.0 Å². The molecule has 0 aliphatic heterocycles. The Kier molecular flexibility index (Phi) is 3.49. The average Bonchev–Trinajstić information content (AvgIpc) is 2.82. The van der Waals surface area contributed by atoms with Gasteiger partial charge in [-0.25, -0.2) is 9.78 Å². The Hall–Kier alpha value is -1.34. The molecule has 0 bridgehead atoms. The number of thiazole rings is 1. The van der Waals surface area contributed by atoms with Crippen molar-refractivity contribution in [1.29, 1.82) is 0 Å². The SMILES string of the molecule is Cc1nc(SCc2ccn(C)n2)sc1C(=O)O. The Morgan fingerprint density at radius 2 is 2.41 bits per heavy atom. The highest BCUT2D eigenvalue weighted by Crippen LogP contribution is 2.29. The Labute approximate surface area is 106 Å². The number of carboxylic acids is 1. The molecule has 2 aromatic heterocycles. The molecule has 2 rings (SSSR count). The average molecular weight is 269 g/mol. The summed E-state index contributed by atoms with van der Waals surface area (Å²) in [6.45, 7) is 1.71. The topological polar surface area (TPSA) is 68.0 Å². The monoisotopic (exact) mass is 269 g/mol. The van der Waals surface area contributed by atoms with Crippen LogP contribution in [-0.4, -0.2) is 25.8 Å². The molecule has 0 fully saturated rings. The molecule has 17 heavy (non-hydrogen) atoms. The first-order valence-corrected chi connectivity index (χ1v) is 6.68. The molecule has 0 unspecified atom stereocenters. The number of thioether (sulfide) groups is 1. The van der Waals surface area contributed by atoms with Gasteiger partial charge < -0.3 is 5.11 Å². The van der Waals surface area contributed by atoms with Gasteiger partial charge in [0.25, 0.3) is 0 Å². The predicted molar refractivity (Wildman–Crippen MR) is 66.6 cm³/mol. The van der Waals surface area contributed by atoms with Crippen LogP contribution in [0.1, 0.15) is 21.1 Å². The minimum Gasteiger partial charge on any atom is -0.477 e. The van der Waals surface area contributed by atoms with E-state index in [9.17, 15) is 4.79 Å². The summed E-state index contributed by atoms with van der Waals surface area (Å²) in [7, 11) is 1.87. The molecule has 0 aliphatic rings. The molecule has 0 amide bonds. The van der Waals surface area contributed by atoms with Gasteiger partial charge in [0.05, 0.1) is 11.4 Å². The van der Waals surface area contributed by atoms with Crippen molar-refractivity contribution in [3.63, 3.8) is 0 Å². The second-order valence-electron chi connectivity index (χ2n) is 3.47. The molecule has 7 heteroatoms. The van der Waals surface area contributed by atoms with Crippen LogP contribution in [0.5, 0.6) is 0 Å². The lowest BCUT2D eigenvalue weighted by Gasteiger charge is -1.92. The Morgan fingerprint density at radius 1 is 1.65 bits per heavy atom. The van der Waals surface area contributed by atoms with Crippen molar-refractivity contribution in [2.45, 2.75) is 17.0 Å². The fourth-order valence-electron chi connectivity index (χ4n) is 1.31. The molecule has 0 spiro atoms. The van der Waals surface area contributed by atoms with E-state index >= 15 is 0 Å². The van der Waals surface area contributed by atoms with E-state index in [1.807, 2.05) is 19.3 Å². The van der Waals surface area contributed by atoms with Crippen LogP contribution < -0.4 is 0 Å². The van der Waals surface area contributed by atoms with Crippen molar-refractivity contribution in [2.24, 2.45) is 7.05 Å². The number of hydrogen-bond donors (Lipinski definition) is 1. The van der Waals surface area contributed by atoms with Crippen LogP contribution >= 0.6 is 23.1 Å². The lowest BCUT2D eigenvalue weighted by molar-refractivity contribution is 0.0701. The number of aromatic carboxylic acids is 1. The van der Waals surface area contributed by atoms with E-state index in [1.165, 1.54) is 23.1 Å². The van der Waals surface area contributed by atoms with Crippen LogP contribution in [-0.2, 0) is 12.8 Å². The smallest absolute Gasteiger partial charge is 0.347 e. The highest BCUT2D eigenvalue weighted by molar-refractivity contribution is 8.00. The maximum absolute atomic E-state index is 10.9. The van der Waals surface area contributed by atoms with Crippen LogP contribution in [0.4, 0.5) is 0 Å². The number of nitrogens with zero attached hydrogens (tertiary/aromatic N) is 3. The van der Waals surface area contributed by atoms with Crippen LogP contribution in [0.15, 0.2) is 16.6 Å². The van der Waals surface area contributed by atoms with E-state index in [4.69, 9.17) is 5.11 Å². The quantitative estimate of drug-likeness (QED) is 0.862. The summed E-state index contributed by atoms with van der Waals surface area (Å²) in [5.74, 6) is -0.211. The van der Waals surface area contributed by atoms with E-state index < -0.39 is 5.97 Å². The number of aryl methyl sites for hydroxylation is 2. The number of carboxylic acid groups (broad SMARTS) is 1. The zero-order valence-electron chi connectivity index (χ0n) is 9.38. The van der Waals surface area contributed by atoms with E-state index in [0.29, 0.717) is 16.3 Å². The number of rotatable bonds is 4. The molecular weight excluding hydrogens is 258 g/mol. The Bertz CT molecular complexity index is 547. The first-order chi connectivity index (χ1) is 8.06. The van der Waals surface area contributed by atoms with Gasteiger partial charge in [-0.15, -0.1) is 11.3 Å². The summed E-state index contributed by atoms with van der Waals surface area (Å²) in [5.41, 5.74) is 1.54. The van der Waals surface area contributed by atoms with Crippen LogP contribution in [0.3, 0.4) is 0 Å². The third-order valence-corrected chi connectivity index (χ3v) is 4.41. The minimum atomic E-state index is -0.912. The molecule has 5 nitrogen and oxygen atoms in total. The van der Waals surface area contributed by atoms with Crippen LogP contribution in [0.2, 0.25) is 0 Å². The number of hydrogen-bond acceptors (Lipinski definition) is 5. The lowest BCUT2D eigenvalue weighted by atomic mass is 10.4. The predicted octanol–water partition coefficient (Wildman–Crippen LogP) is 2.18. The summed E-state index contributed by atoms with van der Waals surface area (Å²) < 4.78 is 2.51. The lowest BCUT2D eigenvalue weighted by Crippen LogP contribution is -1.94. The maximum Gasteiger partial charge on any atom is 0.347 e. The van der Waals surface area contributed by atoms with Gasteiger partial charge in [0.15, 0.2) is 4.34 Å². The molecule has 0 saturated carbocycles. The number of carbonyl (C=O) groups is 1. The van der Waals surface area contributed by atoms with Gasteiger partial charge in [-0.1, -0.05) is 11.8 Å². The fraction of sp³-hybridized carbons (Fsp3) is 0.300. The molecule has 90 valence electrons. The molecule has 0 radical (unpaired) electrons. The van der Waals surface area contributed by atoms with E-state index in [2.05, 4.69) is 10.1 Å². The summed E-state index contributed by atoms with van der Waals surface area (Å²) in [5, 5.41) is 13.2. The van der Waals surface area contributed by atoms with Crippen LogP contribution in [0, 0.1) is 6.92 Å². The van der Waals surface area contributed by atoms with Crippen molar-refractivity contribution < 1.29 is 9.90 Å². The zero-order valence-corrected chi connectivity index (χ0v) is 11.0. The molecule has 0 aromatic carbocycles. The van der Waals surface area contributed by atoms with Gasteiger partial charge in [0.1, 0.15) is 4.88 Å². The molecule has 1 N–H and O–H groups in total. The number of aromatic nitrogens is 3. The summed E-state index contributed by atoms with van der Waals surface area (Å²) in [6.07, 6.45) is 1.88. The normalized spacial score (nSPS) is 10.7. The molecule has 2 aromatic rings. The third kappa shape index (κ3) is 2.86. The summed E-state index contributed by atoms with van der Waals surface area (Å²) in [4.78, 5) is 15.4. The van der Waals surface area contributed by atoms with Gasteiger partial charge in [0.2, 0.25) is 0 Å².